The molecule has 104 valence electrons. The van der Waals surface area contributed by atoms with Gasteiger partial charge >= 0.3 is 0 Å². The minimum atomic E-state index is -0.344. The van der Waals surface area contributed by atoms with Crippen molar-refractivity contribution in [2.75, 3.05) is 0 Å². The van der Waals surface area contributed by atoms with E-state index in [4.69, 9.17) is 0 Å². The molecule has 0 saturated carbocycles. The fourth-order valence-electron chi connectivity index (χ4n) is 1.98. The summed E-state index contributed by atoms with van der Waals surface area (Å²) in [6.45, 7) is 4.37. The second kappa shape index (κ2) is 6.25. The Balaban J connectivity index is 2.04. The van der Waals surface area contributed by atoms with Crippen LogP contribution in [0.4, 0.5) is 5.69 Å². The van der Waals surface area contributed by atoms with Gasteiger partial charge in [0.1, 0.15) is 0 Å². The molecule has 0 bridgehead atoms. The van der Waals surface area contributed by atoms with Crippen LogP contribution in [0.1, 0.15) is 29.7 Å². The number of nitro benzene ring substituents is 1. The maximum atomic E-state index is 10.9. The quantitative estimate of drug-likeness (QED) is 0.670. The maximum Gasteiger partial charge on any atom is 0.272 e. The molecule has 0 fully saturated rings. The third-order valence-electron chi connectivity index (χ3n) is 3.27. The summed E-state index contributed by atoms with van der Waals surface area (Å²) in [6.07, 6.45) is 3.55. The second-order valence-electron chi connectivity index (χ2n) is 4.77. The van der Waals surface area contributed by atoms with Gasteiger partial charge in [-0.25, -0.2) is 0 Å². The molecule has 1 aromatic carbocycles. The summed E-state index contributed by atoms with van der Waals surface area (Å²) in [5, 5.41) is 14.2. The lowest BCUT2D eigenvalue weighted by Gasteiger charge is -2.13. The molecular weight excluding hydrogens is 254 g/mol. The van der Waals surface area contributed by atoms with Crippen LogP contribution < -0.4 is 5.32 Å². The number of rotatable bonds is 5. The van der Waals surface area contributed by atoms with E-state index in [1.807, 2.05) is 31.3 Å². The molecule has 5 nitrogen and oxygen atoms in total. The van der Waals surface area contributed by atoms with Gasteiger partial charge in [0.15, 0.2) is 0 Å². The van der Waals surface area contributed by atoms with Crippen LogP contribution in [0.3, 0.4) is 0 Å². The summed E-state index contributed by atoms with van der Waals surface area (Å²) >= 11 is 0. The van der Waals surface area contributed by atoms with Crippen LogP contribution in [0.25, 0.3) is 0 Å². The first-order chi connectivity index (χ1) is 9.58. The van der Waals surface area contributed by atoms with E-state index in [1.165, 1.54) is 0 Å². The molecule has 5 heteroatoms. The predicted octanol–water partition coefficient (Wildman–Crippen LogP) is 3.15. The van der Waals surface area contributed by atoms with Crippen molar-refractivity contribution in [2.45, 2.75) is 26.4 Å². The Hall–Kier alpha value is -2.27. The zero-order valence-corrected chi connectivity index (χ0v) is 11.5. The smallest absolute Gasteiger partial charge is 0.272 e. The van der Waals surface area contributed by atoms with E-state index in [9.17, 15) is 10.1 Å². The highest BCUT2D eigenvalue weighted by Gasteiger charge is 2.11. The van der Waals surface area contributed by atoms with Gasteiger partial charge in [-0.3, -0.25) is 15.1 Å². The minimum absolute atomic E-state index is 0.143. The Morgan fingerprint density at radius 2 is 2.20 bits per heavy atom. The topological polar surface area (TPSA) is 68.1 Å². The summed E-state index contributed by atoms with van der Waals surface area (Å²) in [6, 6.07) is 9.35. The van der Waals surface area contributed by atoms with Crippen LogP contribution in [0, 0.1) is 17.0 Å². The van der Waals surface area contributed by atoms with Crippen molar-refractivity contribution >= 4 is 5.69 Å². The Morgan fingerprint density at radius 3 is 2.85 bits per heavy atom. The van der Waals surface area contributed by atoms with Crippen molar-refractivity contribution in [3.63, 3.8) is 0 Å². The van der Waals surface area contributed by atoms with Crippen LogP contribution in [0.5, 0.6) is 0 Å². The Labute approximate surface area is 117 Å². The number of hydrogen-bond acceptors (Lipinski definition) is 4. The number of benzene rings is 1. The molecule has 0 amide bonds. The lowest BCUT2D eigenvalue weighted by molar-refractivity contribution is -0.385. The van der Waals surface area contributed by atoms with E-state index in [0.29, 0.717) is 12.1 Å². The predicted molar refractivity (Wildman–Crippen MR) is 77.3 cm³/mol. The molecule has 1 unspecified atom stereocenters. The summed E-state index contributed by atoms with van der Waals surface area (Å²) in [7, 11) is 0. The Bertz CT molecular complexity index is 599. The fourth-order valence-corrected chi connectivity index (χ4v) is 1.98. The van der Waals surface area contributed by atoms with Crippen LogP contribution in [-0.2, 0) is 6.54 Å². The molecule has 0 radical (unpaired) electrons. The fraction of sp³-hybridized carbons (Fsp3) is 0.267. The molecule has 20 heavy (non-hydrogen) atoms. The van der Waals surface area contributed by atoms with Gasteiger partial charge in [0.05, 0.1) is 4.92 Å². The molecule has 0 saturated heterocycles. The first-order valence-corrected chi connectivity index (χ1v) is 6.45. The van der Waals surface area contributed by atoms with Crippen molar-refractivity contribution in [2.24, 2.45) is 0 Å². The highest BCUT2D eigenvalue weighted by atomic mass is 16.6. The Kier molecular flexibility index (Phi) is 4.42. The SMILES string of the molecule is Cc1ccc(CNC(C)c2cccnc2)cc1[N+](=O)[O-]. The van der Waals surface area contributed by atoms with E-state index in [1.54, 1.807) is 25.3 Å². The average molecular weight is 271 g/mol. The Morgan fingerprint density at radius 1 is 1.40 bits per heavy atom. The number of nitro groups is 1. The first kappa shape index (κ1) is 14.1. The maximum absolute atomic E-state index is 10.9. The number of hydrogen-bond donors (Lipinski definition) is 1. The van der Waals surface area contributed by atoms with Crippen molar-refractivity contribution in [1.29, 1.82) is 0 Å². The molecular formula is C15H17N3O2. The summed E-state index contributed by atoms with van der Waals surface area (Å²) in [5.74, 6) is 0. The van der Waals surface area contributed by atoms with E-state index >= 15 is 0 Å². The molecule has 1 atom stereocenters. The standard InChI is InChI=1S/C15H17N3O2/c1-11-5-6-13(8-15(11)18(19)20)9-17-12(2)14-4-3-7-16-10-14/h3-8,10,12,17H,9H2,1-2H3. The normalized spacial score (nSPS) is 12.1. The van der Waals surface area contributed by atoms with Gasteiger partial charge in [-0.2, -0.15) is 0 Å². The number of aromatic nitrogens is 1. The van der Waals surface area contributed by atoms with E-state index in [2.05, 4.69) is 10.3 Å². The van der Waals surface area contributed by atoms with Gasteiger partial charge < -0.3 is 5.32 Å². The molecule has 0 aliphatic heterocycles. The first-order valence-electron chi connectivity index (χ1n) is 6.45. The largest absolute Gasteiger partial charge is 0.306 e. The molecule has 0 spiro atoms. The molecule has 2 aromatic rings. The van der Waals surface area contributed by atoms with Gasteiger partial charge in [0, 0.05) is 36.6 Å². The molecule has 2 rings (SSSR count). The number of nitrogens with one attached hydrogen (secondary N) is 1. The number of nitrogens with zero attached hydrogens (tertiary/aromatic N) is 2. The van der Waals surface area contributed by atoms with Crippen molar-refractivity contribution < 1.29 is 4.92 Å². The lowest BCUT2D eigenvalue weighted by Crippen LogP contribution is -2.18. The van der Waals surface area contributed by atoms with Gasteiger partial charge in [0.2, 0.25) is 0 Å². The van der Waals surface area contributed by atoms with Crippen molar-refractivity contribution in [3.05, 3.63) is 69.5 Å². The van der Waals surface area contributed by atoms with Crippen molar-refractivity contribution in [1.82, 2.24) is 10.3 Å². The zero-order valence-electron chi connectivity index (χ0n) is 11.5. The van der Waals surface area contributed by atoms with Gasteiger partial charge in [0.25, 0.3) is 5.69 Å². The monoisotopic (exact) mass is 271 g/mol. The number of aryl methyl sites for hydroxylation is 1. The van der Waals surface area contributed by atoms with Crippen molar-refractivity contribution in [3.8, 4) is 0 Å². The molecule has 0 aliphatic rings. The summed E-state index contributed by atoms with van der Waals surface area (Å²) in [5.41, 5.74) is 2.84. The van der Waals surface area contributed by atoms with Crippen LogP contribution in [-0.4, -0.2) is 9.91 Å². The molecule has 0 aliphatic carbocycles. The second-order valence-corrected chi connectivity index (χ2v) is 4.77. The molecule has 1 N–H and O–H groups in total. The lowest BCUT2D eigenvalue weighted by atomic mass is 10.1. The van der Waals surface area contributed by atoms with Crippen LogP contribution >= 0.6 is 0 Å². The average Bonchev–Trinajstić information content (AvgIpc) is 2.46. The minimum Gasteiger partial charge on any atom is -0.306 e. The van der Waals surface area contributed by atoms with E-state index in [-0.39, 0.29) is 16.7 Å². The molecule has 1 heterocycles. The highest BCUT2D eigenvalue weighted by molar-refractivity contribution is 5.42. The van der Waals surface area contributed by atoms with E-state index < -0.39 is 0 Å². The van der Waals surface area contributed by atoms with Gasteiger partial charge in [-0.05, 0) is 31.0 Å². The van der Waals surface area contributed by atoms with E-state index in [0.717, 1.165) is 11.1 Å². The summed E-state index contributed by atoms with van der Waals surface area (Å²) in [4.78, 5) is 14.6. The summed E-state index contributed by atoms with van der Waals surface area (Å²) < 4.78 is 0. The van der Waals surface area contributed by atoms with Gasteiger partial charge in [-0.15, -0.1) is 0 Å². The zero-order chi connectivity index (χ0) is 14.5. The highest BCUT2D eigenvalue weighted by Crippen LogP contribution is 2.20. The third-order valence-corrected chi connectivity index (χ3v) is 3.27. The van der Waals surface area contributed by atoms with Gasteiger partial charge in [-0.1, -0.05) is 18.2 Å². The van der Waals surface area contributed by atoms with Crippen LogP contribution in [0.15, 0.2) is 42.7 Å². The number of pyridine rings is 1. The third kappa shape index (κ3) is 3.39. The molecule has 1 aromatic heterocycles. The van der Waals surface area contributed by atoms with Crippen LogP contribution in [0.2, 0.25) is 0 Å².